The van der Waals surface area contributed by atoms with Gasteiger partial charge in [-0.05, 0) is 44.9 Å². The van der Waals surface area contributed by atoms with Gasteiger partial charge in [-0.1, -0.05) is 5.16 Å². The van der Waals surface area contributed by atoms with Crippen LogP contribution in [0.5, 0.6) is 0 Å². The minimum Gasteiger partial charge on any atom is -0.381 e. The molecule has 3 fully saturated rings. The smallest absolute Gasteiger partial charge is 0.248 e. The van der Waals surface area contributed by atoms with Crippen molar-refractivity contribution in [3.8, 4) is 0 Å². The zero-order chi connectivity index (χ0) is 19.5. The second kappa shape index (κ2) is 6.36. The average Bonchev–Trinajstić information content (AvgIpc) is 3.12. The Kier molecular flexibility index (Phi) is 4.15. The molecule has 1 saturated carbocycles. The average molecular weight is 407 g/mol. The monoisotopic (exact) mass is 407 g/mol. The molecule has 2 saturated heterocycles. The molecule has 1 atom stereocenters. The van der Waals surface area contributed by atoms with E-state index in [1.807, 2.05) is 0 Å². The molecule has 5 rings (SSSR count). The van der Waals surface area contributed by atoms with E-state index in [-0.39, 0.29) is 16.2 Å². The molecule has 3 aliphatic rings. The van der Waals surface area contributed by atoms with E-state index < -0.39 is 10.0 Å². The Bertz CT molecular complexity index is 968. The van der Waals surface area contributed by atoms with Crippen LogP contribution in [0.2, 0.25) is 0 Å². The maximum Gasteiger partial charge on any atom is 0.248 e. The van der Waals surface area contributed by atoms with Crippen molar-refractivity contribution in [1.82, 2.24) is 24.2 Å². The van der Waals surface area contributed by atoms with Crippen LogP contribution in [-0.4, -0.2) is 58.9 Å². The first-order chi connectivity index (χ1) is 13.4. The Morgan fingerprint density at radius 2 is 1.96 bits per heavy atom. The molecule has 4 heterocycles. The third kappa shape index (κ3) is 2.73. The van der Waals surface area contributed by atoms with Crippen LogP contribution in [0.3, 0.4) is 0 Å². The summed E-state index contributed by atoms with van der Waals surface area (Å²) in [6.45, 7) is 5.47. The quantitative estimate of drug-likeness (QED) is 0.761. The molecule has 152 valence electrons. The van der Waals surface area contributed by atoms with Crippen LogP contribution in [0, 0.1) is 19.3 Å². The summed E-state index contributed by atoms with van der Waals surface area (Å²) in [6, 6.07) is 0.454. The van der Waals surface area contributed by atoms with Crippen LogP contribution in [0.15, 0.2) is 15.7 Å². The van der Waals surface area contributed by atoms with Gasteiger partial charge in [0.1, 0.15) is 22.7 Å². The normalized spacial score (nSPS) is 25.6. The summed E-state index contributed by atoms with van der Waals surface area (Å²) in [6.07, 6.45) is 5.71. The predicted molar refractivity (Wildman–Crippen MR) is 98.3 cm³/mol. The Morgan fingerprint density at radius 1 is 1.21 bits per heavy atom. The Balaban J connectivity index is 1.55. The van der Waals surface area contributed by atoms with Gasteiger partial charge in [0, 0.05) is 38.3 Å². The highest BCUT2D eigenvalue weighted by Crippen LogP contribution is 2.51. The van der Waals surface area contributed by atoms with Crippen molar-refractivity contribution in [2.45, 2.75) is 56.4 Å². The zero-order valence-corrected chi connectivity index (χ0v) is 17.0. The number of sulfonamides is 1. The van der Waals surface area contributed by atoms with Gasteiger partial charge >= 0.3 is 0 Å². The van der Waals surface area contributed by atoms with E-state index in [0.29, 0.717) is 43.8 Å². The van der Waals surface area contributed by atoms with Crippen LogP contribution in [0.25, 0.3) is 0 Å². The molecule has 2 aromatic rings. The molecular formula is C18H25N5O4S. The topological polar surface area (TPSA) is 103 Å². The number of ether oxygens (including phenoxy) is 1. The van der Waals surface area contributed by atoms with Crippen molar-refractivity contribution in [3.63, 3.8) is 0 Å². The molecule has 2 aromatic heterocycles. The molecule has 1 aliphatic carbocycles. The minimum atomic E-state index is -3.69. The highest BCUT2D eigenvalue weighted by Gasteiger charge is 2.54. The highest BCUT2D eigenvalue weighted by atomic mass is 32.2. The summed E-state index contributed by atoms with van der Waals surface area (Å²) in [5.41, 5.74) is 0.229. The summed E-state index contributed by atoms with van der Waals surface area (Å²) in [4.78, 5) is 0.194. The van der Waals surface area contributed by atoms with E-state index in [1.165, 1.54) is 0 Å². The van der Waals surface area contributed by atoms with Crippen LogP contribution < -0.4 is 0 Å². The lowest BCUT2D eigenvalue weighted by molar-refractivity contribution is 0.0129. The first kappa shape index (κ1) is 18.3. The molecule has 0 radical (unpaired) electrons. The van der Waals surface area contributed by atoms with Crippen LogP contribution >= 0.6 is 0 Å². The SMILES string of the molecule is Cc1noc(C)c1S(=O)(=O)N1CC(c2nncn2C2CC2)C2(CCOCC2)C1. The van der Waals surface area contributed by atoms with Gasteiger partial charge in [0.15, 0.2) is 5.76 Å². The van der Waals surface area contributed by atoms with Crippen LogP contribution in [0.1, 0.15) is 54.9 Å². The van der Waals surface area contributed by atoms with Crippen molar-refractivity contribution in [2.75, 3.05) is 26.3 Å². The number of nitrogens with zero attached hydrogens (tertiary/aromatic N) is 5. The summed E-state index contributed by atoms with van der Waals surface area (Å²) >= 11 is 0. The maximum absolute atomic E-state index is 13.5. The Hall–Kier alpha value is -1.78. The number of aryl methyl sites for hydroxylation is 2. The van der Waals surface area contributed by atoms with E-state index in [1.54, 1.807) is 24.5 Å². The van der Waals surface area contributed by atoms with Crippen molar-refractivity contribution < 1.29 is 17.7 Å². The lowest BCUT2D eigenvalue weighted by Crippen LogP contribution is -2.38. The van der Waals surface area contributed by atoms with E-state index in [4.69, 9.17) is 9.26 Å². The number of hydrogen-bond acceptors (Lipinski definition) is 7. The van der Waals surface area contributed by atoms with Gasteiger partial charge in [-0.25, -0.2) is 8.42 Å². The van der Waals surface area contributed by atoms with Gasteiger partial charge < -0.3 is 13.8 Å². The molecule has 0 N–H and O–H groups in total. The van der Waals surface area contributed by atoms with Gasteiger partial charge in [0.25, 0.3) is 0 Å². The summed E-state index contributed by atoms with van der Waals surface area (Å²) < 4.78 is 41.4. The van der Waals surface area contributed by atoms with Gasteiger partial charge in [-0.3, -0.25) is 0 Å². The van der Waals surface area contributed by atoms with Gasteiger partial charge in [0.2, 0.25) is 10.0 Å². The minimum absolute atomic E-state index is 0.00903. The summed E-state index contributed by atoms with van der Waals surface area (Å²) in [5.74, 6) is 1.26. The van der Waals surface area contributed by atoms with E-state index in [0.717, 1.165) is 31.5 Å². The molecule has 9 nitrogen and oxygen atoms in total. The Labute approximate surface area is 164 Å². The van der Waals surface area contributed by atoms with Crippen molar-refractivity contribution >= 4 is 10.0 Å². The second-order valence-electron chi connectivity index (χ2n) is 8.31. The first-order valence-corrected chi connectivity index (χ1v) is 11.3. The molecule has 0 bridgehead atoms. The van der Waals surface area contributed by atoms with Gasteiger partial charge in [-0.2, -0.15) is 4.31 Å². The standard InChI is InChI=1S/C18H25N5O4S/c1-12-16(13(2)27-21-12)28(24,25)22-9-15(18(10-22)5-7-26-8-6-18)17-20-19-11-23(17)14-3-4-14/h11,14-15H,3-10H2,1-2H3. The van der Waals surface area contributed by atoms with E-state index in [9.17, 15) is 8.42 Å². The molecule has 0 amide bonds. The lowest BCUT2D eigenvalue weighted by Gasteiger charge is -2.37. The summed E-state index contributed by atoms with van der Waals surface area (Å²) in [7, 11) is -3.69. The number of rotatable bonds is 4. The van der Waals surface area contributed by atoms with Crippen molar-refractivity contribution in [1.29, 1.82) is 0 Å². The molecule has 28 heavy (non-hydrogen) atoms. The first-order valence-electron chi connectivity index (χ1n) is 9.82. The van der Waals surface area contributed by atoms with Gasteiger partial charge in [-0.15, -0.1) is 10.2 Å². The van der Waals surface area contributed by atoms with Crippen molar-refractivity contribution in [3.05, 3.63) is 23.6 Å². The van der Waals surface area contributed by atoms with E-state index >= 15 is 0 Å². The maximum atomic E-state index is 13.5. The van der Waals surface area contributed by atoms with E-state index in [2.05, 4.69) is 19.9 Å². The predicted octanol–water partition coefficient (Wildman–Crippen LogP) is 1.80. The molecule has 0 aromatic carbocycles. The summed E-state index contributed by atoms with van der Waals surface area (Å²) in [5, 5.41) is 12.4. The number of aromatic nitrogens is 4. The molecule has 1 unspecified atom stereocenters. The molecule has 2 aliphatic heterocycles. The Morgan fingerprint density at radius 3 is 2.61 bits per heavy atom. The largest absolute Gasteiger partial charge is 0.381 e. The van der Waals surface area contributed by atoms with Crippen molar-refractivity contribution in [2.24, 2.45) is 5.41 Å². The molecule has 10 heteroatoms. The fourth-order valence-electron chi connectivity index (χ4n) is 4.85. The molecular weight excluding hydrogens is 382 g/mol. The third-order valence-corrected chi connectivity index (χ3v) is 8.58. The lowest BCUT2D eigenvalue weighted by atomic mass is 9.72. The fraction of sp³-hybridized carbons (Fsp3) is 0.722. The van der Waals surface area contributed by atoms with Crippen LogP contribution in [0.4, 0.5) is 0 Å². The zero-order valence-electron chi connectivity index (χ0n) is 16.2. The third-order valence-electron chi connectivity index (χ3n) is 6.52. The second-order valence-corrected chi connectivity index (χ2v) is 10.2. The highest BCUT2D eigenvalue weighted by molar-refractivity contribution is 7.89. The molecule has 1 spiro atoms. The number of hydrogen-bond donors (Lipinski definition) is 0. The van der Waals surface area contributed by atoms with Gasteiger partial charge in [0.05, 0.1) is 0 Å². The fourth-order valence-corrected chi connectivity index (χ4v) is 6.70. The van der Waals surface area contributed by atoms with Crippen LogP contribution in [-0.2, 0) is 14.8 Å².